The predicted octanol–water partition coefficient (Wildman–Crippen LogP) is 7.30. The molecule has 1 aliphatic heterocycles. The lowest BCUT2D eigenvalue weighted by molar-refractivity contribution is 0.590. The van der Waals surface area contributed by atoms with Crippen LogP contribution in [-0.2, 0) is 9.13 Å². The number of para-hydroxylation sites is 2. The van der Waals surface area contributed by atoms with E-state index < -0.39 is 14.9 Å². The molecule has 6 aromatic carbocycles. The minimum Gasteiger partial charge on any atom is -0.343 e. The third-order valence-corrected chi connectivity index (χ3v) is 12.7. The van der Waals surface area contributed by atoms with Crippen molar-refractivity contribution in [3.63, 3.8) is 0 Å². The van der Waals surface area contributed by atoms with Crippen LogP contribution >= 0.6 is 14.9 Å². The highest BCUT2D eigenvalue weighted by molar-refractivity contribution is 7.78. The summed E-state index contributed by atoms with van der Waals surface area (Å²) in [6, 6.07) is 40.6. The SMILES string of the molecule is CN1c2ccccc2[PH](=O)c2ccccc2N(C)c2cc3ccccc3cc2P(C)(=O)c2cc3ccccc3cc21. The van der Waals surface area contributed by atoms with E-state index in [2.05, 4.69) is 58.3 Å². The molecule has 0 bridgehead atoms. The van der Waals surface area contributed by atoms with Gasteiger partial charge in [-0.3, -0.25) is 0 Å². The average molecular weight is 573 g/mol. The second-order valence-corrected chi connectivity index (χ2v) is 15.3. The monoisotopic (exact) mass is 572 g/mol. The zero-order valence-corrected chi connectivity index (χ0v) is 25.1. The topological polar surface area (TPSA) is 40.6 Å². The molecule has 7 rings (SSSR count). The Balaban J connectivity index is 1.65. The molecular weight excluding hydrogens is 542 g/mol. The van der Waals surface area contributed by atoms with Crippen molar-refractivity contribution in [3.8, 4) is 0 Å². The fraction of sp³-hybridized carbons (Fsp3) is 0.0857. The van der Waals surface area contributed by atoms with Crippen LogP contribution < -0.4 is 31.0 Å². The normalized spacial score (nSPS) is 18.6. The average Bonchev–Trinajstić information content (AvgIpc) is 3.02. The number of hydrogen-bond acceptors (Lipinski definition) is 4. The molecule has 0 fully saturated rings. The van der Waals surface area contributed by atoms with Crippen LogP contribution in [0.15, 0.2) is 121 Å². The van der Waals surface area contributed by atoms with Crippen molar-refractivity contribution >= 4 is 80.5 Å². The molecule has 0 aromatic heterocycles. The highest BCUT2D eigenvalue weighted by Gasteiger charge is 2.33. The van der Waals surface area contributed by atoms with Crippen LogP contribution in [0.1, 0.15) is 0 Å². The highest BCUT2D eigenvalue weighted by Crippen LogP contribution is 2.49. The number of anilines is 4. The van der Waals surface area contributed by atoms with E-state index in [4.69, 9.17) is 0 Å². The molecule has 4 nitrogen and oxygen atoms in total. The second-order valence-electron chi connectivity index (χ2n) is 10.8. The lowest BCUT2D eigenvalue weighted by Crippen LogP contribution is -2.30. The molecule has 0 saturated heterocycles. The largest absolute Gasteiger partial charge is 0.343 e. The quantitative estimate of drug-likeness (QED) is 0.179. The Bertz CT molecular complexity index is 1930. The number of fused-ring (bicyclic) bond motifs is 6. The third kappa shape index (κ3) is 4.13. The van der Waals surface area contributed by atoms with E-state index in [-0.39, 0.29) is 0 Å². The molecule has 0 atom stereocenters. The van der Waals surface area contributed by atoms with Gasteiger partial charge in [0.25, 0.3) is 0 Å². The van der Waals surface area contributed by atoms with Crippen LogP contribution in [0.4, 0.5) is 22.7 Å². The van der Waals surface area contributed by atoms with E-state index in [1.165, 1.54) is 0 Å². The van der Waals surface area contributed by atoms with Gasteiger partial charge in [-0.25, -0.2) is 0 Å². The van der Waals surface area contributed by atoms with Gasteiger partial charge in [0.05, 0.1) is 22.7 Å². The van der Waals surface area contributed by atoms with Crippen LogP contribution in [0, 0.1) is 0 Å². The van der Waals surface area contributed by atoms with Crippen LogP contribution in [0.5, 0.6) is 0 Å². The fourth-order valence-electron chi connectivity index (χ4n) is 6.10. The predicted molar refractivity (Wildman–Crippen MR) is 178 cm³/mol. The molecule has 0 unspecified atom stereocenters. The van der Waals surface area contributed by atoms with Gasteiger partial charge in [0.2, 0.25) is 0 Å². The summed E-state index contributed by atoms with van der Waals surface area (Å²) < 4.78 is 30.0. The second kappa shape index (κ2) is 9.77. The van der Waals surface area contributed by atoms with Gasteiger partial charge in [-0.2, -0.15) is 0 Å². The van der Waals surface area contributed by atoms with Crippen molar-refractivity contribution in [1.29, 1.82) is 0 Å². The maximum Gasteiger partial charge on any atom is 0.144 e. The molecule has 0 saturated carbocycles. The zero-order valence-electron chi connectivity index (χ0n) is 23.2. The maximum absolute atomic E-state index is 15.5. The van der Waals surface area contributed by atoms with Crippen LogP contribution in [0.3, 0.4) is 0 Å². The molecule has 0 amide bonds. The Morgan fingerprint density at radius 3 is 1.27 bits per heavy atom. The molecule has 0 spiro atoms. The molecule has 6 heteroatoms. The number of hydrogen-bond donors (Lipinski definition) is 0. The van der Waals surface area contributed by atoms with E-state index in [1.807, 2.05) is 93.6 Å². The van der Waals surface area contributed by atoms with Gasteiger partial charge in [-0.05, 0) is 76.7 Å². The lowest BCUT2D eigenvalue weighted by atomic mass is 10.1. The number of nitrogens with zero attached hydrogens (tertiary/aromatic N) is 2. The summed E-state index contributed by atoms with van der Waals surface area (Å²) in [5.74, 6) is 0. The molecule has 0 aliphatic carbocycles. The first-order valence-electron chi connectivity index (χ1n) is 13.7. The maximum atomic E-state index is 15.5. The molecule has 0 N–H and O–H groups in total. The summed E-state index contributed by atoms with van der Waals surface area (Å²) in [6.07, 6.45) is 0. The van der Waals surface area contributed by atoms with Gasteiger partial charge < -0.3 is 18.9 Å². The Labute approximate surface area is 241 Å². The molecule has 41 heavy (non-hydrogen) atoms. The highest BCUT2D eigenvalue weighted by atomic mass is 31.2. The first-order valence-corrected chi connectivity index (χ1v) is 17.3. The van der Waals surface area contributed by atoms with Gasteiger partial charge >= 0.3 is 0 Å². The summed E-state index contributed by atoms with van der Waals surface area (Å²) in [7, 11) is -1.62. The summed E-state index contributed by atoms with van der Waals surface area (Å²) in [5, 5.41) is 7.34. The van der Waals surface area contributed by atoms with Gasteiger partial charge in [0, 0.05) is 35.3 Å². The third-order valence-electron chi connectivity index (χ3n) is 8.35. The van der Waals surface area contributed by atoms with Gasteiger partial charge in [-0.1, -0.05) is 72.8 Å². The summed E-state index contributed by atoms with van der Waals surface area (Å²) in [5.41, 5.74) is 3.41. The Kier molecular flexibility index (Phi) is 6.16. The van der Waals surface area contributed by atoms with Crippen LogP contribution in [0.25, 0.3) is 21.5 Å². The Morgan fingerprint density at radius 1 is 0.512 bits per heavy atom. The summed E-state index contributed by atoms with van der Waals surface area (Å²) >= 11 is 0. The number of benzene rings is 6. The van der Waals surface area contributed by atoms with Crippen molar-refractivity contribution in [2.24, 2.45) is 0 Å². The summed E-state index contributed by atoms with van der Waals surface area (Å²) in [6.45, 7) is 1.89. The molecule has 202 valence electrons. The Hall–Kier alpha value is -4.10. The van der Waals surface area contributed by atoms with Crippen molar-refractivity contribution in [1.82, 2.24) is 0 Å². The van der Waals surface area contributed by atoms with Gasteiger partial charge in [0.15, 0.2) is 0 Å². The van der Waals surface area contributed by atoms with Crippen molar-refractivity contribution < 1.29 is 9.13 Å². The molecule has 6 aromatic rings. The minimum atomic E-state index is -3.19. The summed E-state index contributed by atoms with van der Waals surface area (Å²) in [4.78, 5) is 4.15. The first-order chi connectivity index (χ1) is 19.8. The van der Waals surface area contributed by atoms with Crippen molar-refractivity contribution in [2.75, 3.05) is 30.6 Å². The molecule has 1 heterocycles. The van der Waals surface area contributed by atoms with Crippen LogP contribution in [0.2, 0.25) is 0 Å². The van der Waals surface area contributed by atoms with Gasteiger partial charge in [-0.15, -0.1) is 0 Å². The van der Waals surface area contributed by atoms with Crippen LogP contribution in [-0.4, -0.2) is 20.8 Å². The molecular formula is C35H30N2O2P2. The molecule has 1 aliphatic rings. The van der Waals surface area contributed by atoms with E-state index in [0.717, 1.165) is 65.5 Å². The Morgan fingerprint density at radius 2 is 0.854 bits per heavy atom. The van der Waals surface area contributed by atoms with Crippen molar-refractivity contribution in [2.45, 2.75) is 0 Å². The zero-order chi connectivity index (χ0) is 28.3. The van der Waals surface area contributed by atoms with E-state index >= 15 is 4.57 Å². The van der Waals surface area contributed by atoms with E-state index in [1.54, 1.807) is 0 Å². The standard InChI is InChI=1S/C35H30N2O2P2/c1-36-28-16-8-10-18-32(28)40(38)33-19-11-9-17-29(33)37(2)31-21-25-13-5-7-15-27(25)23-35(31)41(3,39)34-22-26-14-6-4-12-24(26)20-30(34)36/h4-23,40H,1-3H3. The van der Waals surface area contributed by atoms with E-state index in [0.29, 0.717) is 0 Å². The van der Waals surface area contributed by atoms with E-state index in [9.17, 15) is 4.57 Å². The van der Waals surface area contributed by atoms with Gasteiger partial charge in [0.1, 0.15) is 14.9 Å². The van der Waals surface area contributed by atoms with Crippen molar-refractivity contribution in [3.05, 3.63) is 121 Å². The molecule has 0 radical (unpaired) electrons. The smallest absolute Gasteiger partial charge is 0.144 e. The minimum absolute atomic E-state index is 0.783. The first kappa shape index (κ1) is 25.8. The fourth-order valence-corrected chi connectivity index (χ4v) is 10.2. The number of rotatable bonds is 0. The lowest BCUT2D eigenvalue weighted by Gasteiger charge is -2.32.